The molecule has 1 aliphatic heterocycles. The number of aliphatic imine (C=N–C) groups is 1. The van der Waals surface area contributed by atoms with E-state index in [0.717, 1.165) is 51.5 Å². The first kappa shape index (κ1) is 24.0. The molecule has 0 aliphatic carbocycles. The molecule has 1 fully saturated rings. The third-order valence-corrected chi connectivity index (χ3v) is 5.17. The number of rotatable bonds is 8. The Labute approximate surface area is 183 Å². The Hall–Kier alpha value is -1.08. The number of nitrogens with zero attached hydrogens (tertiary/aromatic N) is 3. The van der Waals surface area contributed by atoms with E-state index < -0.39 is 0 Å². The summed E-state index contributed by atoms with van der Waals surface area (Å²) in [6.45, 7) is 11.1. The van der Waals surface area contributed by atoms with Crippen LogP contribution in [-0.4, -0.2) is 62.1 Å². The zero-order chi connectivity index (χ0) is 18.6. The molecule has 4 nitrogen and oxygen atoms in total. The summed E-state index contributed by atoms with van der Waals surface area (Å²) in [5.74, 6) is 1.06. The van der Waals surface area contributed by atoms with Crippen LogP contribution in [-0.2, 0) is 0 Å². The molecular formula is C22H37IN4. The first-order chi connectivity index (χ1) is 12.8. The molecule has 0 radical (unpaired) electrons. The average molecular weight is 484 g/mol. The Balaban J connectivity index is 0.00000364. The number of likely N-dealkylation sites (tertiary alicyclic amines) is 1. The Kier molecular flexibility index (Phi) is 12.4. The molecule has 1 aromatic rings. The van der Waals surface area contributed by atoms with Crippen molar-refractivity contribution < 1.29 is 0 Å². The highest BCUT2D eigenvalue weighted by molar-refractivity contribution is 14.0. The zero-order valence-electron chi connectivity index (χ0n) is 17.3. The first-order valence-electron chi connectivity index (χ1n) is 10.2. The van der Waals surface area contributed by atoms with Gasteiger partial charge in [-0.25, -0.2) is 0 Å². The van der Waals surface area contributed by atoms with Crippen molar-refractivity contribution in [2.75, 3.05) is 46.3 Å². The smallest absolute Gasteiger partial charge is 0.193 e. The van der Waals surface area contributed by atoms with Crippen molar-refractivity contribution in [3.63, 3.8) is 0 Å². The van der Waals surface area contributed by atoms with E-state index in [2.05, 4.69) is 70.4 Å². The van der Waals surface area contributed by atoms with Crippen molar-refractivity contribution in [3.8, 4) is 0 Å². The van der Waals surface area contributed by atoms with Crippen molar-refractivity contribution in [1.29, 1.82) is 0 Å². The maximum atomic E-state index is 4.49. The quantitative estimate of drug-likeness (QED) is 0.256. The molecule has 1 heterocycles. The molecule has 0 unspecified atom stereocenters. The Morgan fingerprint density at radius 2 is 1.78 bits per heavy atom. The number of benzene rings is 1. The molecule has 1 saturated heterocycles. The third-order valence-electron chi connectivity index (χ3n) is 5.17. The normalized spacial score (nSPS) is 14.9. The minimum atomic E-state index is 0. The maximum Gasteiger partial charge on any atom is 0.193 e. The number of halogens is 1. The van der Waals surface area contributed by atoms with E-state index in [-0.39, 0.29) is 24.0 Å². The molecule has 0 saturated carbocycles. The van der Waals surface area contributed by atoms with Gasteiger partial charge in [-0.2, -0.15) is 0 Å². The van der Waals surface area contributed by atoms with Crippen molar-refractivity contribution in [1.82, 2.24) is 15.1 Å². The molecule has 1 aromatic carbocycles. The van der Waals surface area contributed by atoms with Crippen molar-refractivity contribution in [3.05, 3.63) is 41.5 Å². The lowest BCUT2D eigenvalue weighted by Gasteiger charge is -2.31. The minimum Gasteiger partial charge on any atom is -0.356 e. The number of hydrogen-bond donors (Lipinski definition) is 1. The number of guanidine groups is 1. The van der Waals surface area contributed by atoms with E-state index >= 15 is 0 Å². The van der Waals surface area contributed by atoms with Gasteiger partial charge in [-0.3, -0.25) is 4.99 Å². The van der Waals surface area contributed by atoms with Crippen LogP contribution in [0.3, 0.4) is 0 Å². The van der Waals surface area contributed by atoms with Gasteiger partial charge in [0.2, 0.25) is 0 Å². The fraction of sp³-hybridized carbons (Fsp3) is 0.591. The monoisotopic (exact) mass is 484 g/mol. The van der Waals surface area contributed by atoms with Crippen LogP contribution in [0.5, 0.6) is 0 Å². The van der Waals surface area contributed by atoms with Gasteiger partial charge in [0, 0.05) is 26.7 Å². The van der Waals surface area contributed by atoms with Gasteiger partial charge in [-0.1, -0.05) is 55.8 Å². The predicted octanol–water partition coefficient (Wildman–Crippen LogP) is 4.48. The van der Waals surface area contributed by atoms with Crippen LogP contribution < -0.4 is 5.32 Å². The van der Waals surface area contributed by atoms with E-state index in [1.807, 2.05) is 7.05 Å². The SMILES string of the molecule is CCN(CC)CCCCNC(=NC)N1CCC(=Cc2ccccc2)CC1.I. The second-order valence-corrected chi connectivity index (χ2v) is 6.91. The largest absolute Gasteiger partial charge is 0.356 e. The molecule has 152 valence electrons. The van der Waals surface area contributed by atoms with Gasteiger partial charge in [0.05, 0.1) is 0 Å². The number of hydrogen-bond acceptors (Lipinski definition) is 2. The van der Waals surface area contributed by atoms with E-state index in [0.29, 0.717) is 0 Å². The van der Waals surface area contributed by atoms with Gasteiger partial charge in [-0.05, 0) is 50.9 Å². The van der Waals surface area contributed by atoms with Gasteiger partial charge < -0.3 is 15.1 Å². The number of unbranched alkanes of at least 4 members (excludes halogenated alkanes) is 1. The predicted molar refractivity (Wildman–Crippen MR) is 129 cm³/mol. The van der Waals surface area contributed by atoms with Crippen LogP contribution >= 0.6 is 24.0 Å². The lowest BCUT2D eigenvalue weighted by molar-refractivity contribution is 0.296. The topological polar surface area (TPSA) is 30.9 Å². The fourth-order valence-corrected chi connectivity index (χ4v) is 3.47. The van der Waals surface area contributed by atoms with Gasteiger partial charge in [0.25, 0.3) is 0 Å². The molecule has 1 N–H and O–H groups in total. The van der Waals surface area contributed by atoms with Crippen molar-refractivity contribution >= 4 is 36.0 Å². The molecule has 0 aromatic heterocycles. The molecule has 1 aliphatic rings. The second-order valence-electron chi connectivity index (χ2n) is 6.91. The van der Waals surface area contributed by atoms with Crippen LogP contribution in [0.4, 0.5) is 0 Å². The van der Waals surface area contributed by atoms with Crippen molar-refractivity contribution in [2.24, 2.45) is 4.99 Å². The highest BCUT2D eigenvalue weighted by Crippen LogP contribution is 2.19. The van der Waals surface area contributed by atoms with E-state index in [4.69, 9.17) is 0 Å². The van der Waals surface area contributed by atoms with Crippen LogP contribution in [0.25, 0.3) is 6.08 Å². The summed E-state index contributed by atoms with van der Waals surface area (Å²) < 4.78 is 0. The summed E-state index contributed by atoms with van der Waals surface area (Å²) in [6.07, 6.45) is 7.04. The molecule has 0 spiro atoms. The van der Waals surface area contributed by atoms with Crippen LogP contribution in [0.15, 0.2) is 40.9 Å². The Morgan fingerprint density at radius 1 is 1.11 bits per heavy atom. The summed E-state index contributed by atoms with van der Waals surface area (Å²) >= 11 is 0. The maximum absolute atomic E-state index is 4.49. The molecule has 0 bridgehead atoms. The number of nitrogens with one attached hydrogen (secondary N) is 1. The summed E-state index contributed by atoms with van der Waals surface area (Å²) in [4.78, 5) is 9.37. The lowest BCUT2D eigenvalue weighted by atomic mass is 10.0. The highest BCUT2D eigenvalue weighted by atomic mass is 127. The van der Waals surface area contributed by atoms with Gasteiger partial charge in [0.1, 0.15) is 0 Å². The summed E-state index contributed by atoms with van der Waals surface area (Å²) in [5, 5.41) is 3.55. The average Bonchev–Trinajstić information content (AvgIpc) is 2.69. The molecule has 0 atom stereocenters. The molecule has 2 rings (SSSR count). The van der Waals surface area contributed by atoms with Gasteiger partial charge in [0.15, 0.2) is 5.96 Å². The summed E-state index contributed by atoms with van der Waals surface area (Å²) in [6, 6.07) is 10.6. The van der Waals surface area contributed by atoms with Crippen molar-refractivity contribution in [2.45, 2.75) is 39.5 Å². The van der Waals surface area contributed by atoms with Crippen LogP contribution in [0.1, 0.15) is 45.1 Å². The Morgan fingerprint density at radius 3 is 2.37 bits per heavy atom. The number of piperidine rings is 1. The van der Waals surface area contributed by atoms with E-state index in [9.17, 15) is 0 Å². The minimum absolute atomic E-state index is 0. The third kappa shape index (κ3) is 8.64. The molecule has 27 heavy (non-hydrogen) atoms. The lowest BCUT2D eigenvalue weighted by Crippen LogP contribution is -2.44. The zero-order valence-corrected chi connectivity index (χ0v) is 19.6. The standard InChI is InChI=1S/C22H36N4.HI/c1-4-25(5-2)16-10-9-15-24-22(23-3)26-17-13-21(14-18-26)19-20-11-7-6-8-12-20;/h6-8,11-12,19H,4-5,9-10,13-18H2,1-3H3,(H,23,24);1H. The van der Waals surface area contributed by atoms with E-state index in [1.54, 1.807) is 5.57 Å². The molecular weight excluding hydrogens is 447 g/mol. The van der Waals surface area contributed by atoms with Crippen LogP contribution in [0.2, 0.25) is 0 Å². The molecule has 0 amide bonds. The second kappa shape index (κ2) is 14.0. The van der Waals surface area contributed by atoms with E-state index in [1.165, 1.54) is 24.9 Å². The fourth-order valence-electron chi connectivity index (χ4n) is 3.47. The summed E-state index contributed by atoms with van der Waals surface area (Å²) in [5.41, 5.74) is 2.86. The molecule has 5 heteroatoms. The van der Waals surface area contributed by atoms with Gasteiger partial charge in [-0.15, -0.1) is 24.0 Å². The van der Waals surface area contributed by atoms with Crippen LogP contribution in [0, 0.1) is 0 Å². The summed E-state index contributed by atoms with van der Waals surface area (Å²) in [7, 11) is 1.90. The Bertz CT molecular complexity index is 557. The first-order valence-corrected chi connectivity index (χ1v) is 10.2. The highest BCUT2D eigenvalue weighted by Gasteiger charge is 2.16. The van der Waals surface area contributed by atoms with Gasteiger partial charge >= 0.3 is 0 Å².